The van der Waals surface area contributed by atoms with Crippen molar-refractivity contribution < 1.29 is 8.42 Å². The lowest BCUT2D eigenvalue weighted by Crippen LogP contribution is -2.49. The molecule has 2 aliphatic rings. The minimum absolute atomic E-state index is 0.0227. The number of nitrogens with zero attached hydrogens (tertiary/aromatic N) is 3. The molecule has 1 heterocycles. The molecule has 5 nitrogen and oxygen atoms in total. The maximum atomic E-state index is 12.9. The molecule has 1 saturated carbocycles. The summed E-state index contributed by atoms with van der Waals surface area (Å²) in [6.45, 7) is 4.96. The zero-order valence-electron chi connectivity index (χ0n) is 15.6. The van der Waals surface area contributed by atoms with Gasteiger partial charge in [-0.05, 0) is 43.4 Å². The standard InChI is InChI=1S/C20H29N3O2S/c1-17(15-21)16-22-11-13-23(14-12-22)26(24,25)20-9-7-19(8-10-20)18-5-3-2-4-6-18/h7-10,17-18H,2-6,11-14,16H2,1H3/t17-/m0/s1. The van der Waals surface area contributed by atoms with Crippen LogP contribution in [0.1, 0.15) is 50.5 Å². The summed E-state index contributed by atoms with van der Waals surface area (Å²) < 4.78 is 27.4. The number of benzene rings is 1. The monoisotopic (exact) mass is 375 g/mol. The van der Waals surface area contributed by atoms with Crippen LogP contribution in [0.3, 0.4) is 0 Å². The molecule has 0 N–H and O–H groups in total. The van der Waals surface area contributed by atoms with Gasteiger partial charge >= 0.3 is 0 Å². The Balaban J connectivity index is 1.62. The number of rotatable bonds is 5. The third kappa shape index (κ3) is 4.46. The van der Waals surface area contributed by atoms with Gasteiger partial charge in [0.15, 0.2) is 0 Å². The van der Waals surface area contributed by atoms with E-state index in [9.17, 15) is 8.42 Å². The molecule has 0 amide bonds. The predicted octanol–water partition coefficient (Wildman–Crippen LogP) is 3.20. The lowest BCUT2D eigenvalue weighted by Gasteiger charge is -2.34. The van der Waals surface area contributed by atoms with Crippen molar-refractivity contribution in [3.63, 3.8) is 0 Å². The van der Waals surface area contributed by atoms with Crippen LogP contribution in [0.15, 0.2) is 29.2 Å². The first kappa shape index (κ1) is 19.3. The summed E-state index contributed by atoms with van der Waals surface area (Å²) in [5.41, 5.74) is 1.28. The van der Waals surface area contributed by atoms with Crippen molar-refractivity contribution in [1.82, 2.24) is 9.21 Å². The van der Waals surface area contributed by atoms with Crippen molar-refractivity contribution in [1.29, 1.82) is 5.26 Å². The highest BCUT2D eigenvalue weighted by Crippen LogP contribution is 2.33. The fourth-order valence-electron chi connectivity index (χ4n) is 4.08. The highest BCUT2D eigenvalue weighted by Gasteiger charge is 2.29. The number of piperazine rings is 1. The Morgan fingerprint density at radius 1 is 1.08 bits per heavy atom. The lowest BCUT2D eigenvalue weighted by molar-refractivity contribution is 0.178. The van der Waals surface area contributed by atoms with Crippen LogP contribution in [0.25, 0.3) is 0 Å². The minimum atomic E-state index is -3.43. The summed E-state index contributed by atoms with van der Waals surface area (Å²) in [5, 5.41) is 8.93. The van der Waals surface area contributed by atoms with E-state index >= 15 is 0 Å². The Bertz CT molecular complexity index is 725. The van der Waals surface area contributed by atoms with Crippen LogP contribution in [-0.2, 0) is 10.0 Å². The van der Waals surface area contributed by atoms with Gasteiger partial charge in [0.05, 0.1) is 16.9 Å². The highest BCUT2D eigenvalue weighted by molar-refractivity contribution is 7.89. The van der Waals surface area contributed by atoms with E-state index in [1.165, 1.54) is 37.7 Å². The predicted molar refractivity (Wildman–Crippen MR) is 102 cm³/mol. The van der Waals surface area contributed by atoms with E-state index in [0.29, 0.717) is 43.5 Å². The zero-order valence-corrected chi connectivity index (χ0v) is 16.4. The molecule has 26 heavy (non-hydrogen) atoms. The van der Waals surface area contributed by atoms with E-state index < -0.39 is 10.0 Å². The molecule has 1 aliphatic heterocycles. The Morgan fingerprint density at radius 2 is 1.69 bits per heavy atom. The summed E-state index contributed by atoms with van der Waals surface area (Å²) >= 11 is 0. The Labute approximate surface area is 157 Å². The van der Waals surface area contributed by atoms with E-state index in [-0.39, 0.29) is 5.92 Å². The third-order valence-corrected chi connectivity index (χ3v) is 7.59. The van der Waals surface area contributed by atoms with Crippen LogP contribution in [0.2, 0.25) is 0 Å². The van der Waals surface area contributed by atoms with Crippen molar-refractivity contribution in [2.45, 2.75) is 49.8 Å². The topological polar surface area (TPSA) is 64.4 Å². The molecule has 1 saturated heterocycles. The average molecular weight is 376 g/mol. The molecule has 0 bridgehead atoms. The van der Waals surface area contributed by atoms with E-state index in [2.05, 4.69) is 11.0 Å². The van der Waals surface area contributed by atoms with Gasteiger partial charge in [-0.25, -0.2) is 8.42 Å². The quantitative estimate of drug-likeness (QED) is 0.793. The second-order valence-corrected chi connectivity index (χ2v) is 9.58. The van der Waals surface area contributed by atoms with Crippen LogP contribution in [0.5, 0.6) is 0 Å². The van der Waals surface area contributed by atoms with Crippen LogP contribution in [0.4, 0.5) is 0 Å². The molecular formula is C20H29N3O2S. The second kappa shape index (κ2) is 8.51. The first-order valence-corrected chi connectivity index (χ1v) is 11.2. The molecule has 1 aliphatic carbocycles. The molecule has 0 spiro atoms. The lowest BCUT2D eigenvalue weighted by atomic mass is 9.84. The van der Waals surface area contributed by atoms with Crippen molar-refractivity contribution in [2.24, 2.45) is 5.92 Å². The van der Waals surface area contributed by atoms with E-state index in [0.717, 1.165) is 0 Å². The summed E-state index contributed by atoms with van der Waals surface area (Å²) in [7, 11) is -3.43. The van der Waals surface area contributed by atoms with Gasteiger partial charge in [0.1, 0.15) is 0 Å². The number of sulfonamides is 1. The molecule has 0 aromatic heterocycles. The van der Waals surface area contributed by atoms with Crippen molar-refractivity contribution in [3.05, 3.63) is 29.8 Å². The van der Waals surface area contributed by atoms with Crippen molar-refractivity contribution in [3.8, 4) is 6.07 Å². The van der Waals surface area contributed by atoms with Gasteiger partial charge in [-0.15, -0.1) is 0 Å². The fourth-order valence-corrected chi connectivity index (χ4v) is 5.50. The Hall–Kier alpha value is -1.42. The van der Waals surface area contributed by atoms with Gasteiger partial charge < -0.3 is 0 Å². The highest BCUT2D eigenvalue weighted by atomic mass is 32.2. The zero-order chi connectivity index (χ0) is 18.6. The largest absolute Gasteiger partial charge is 0.299 e. The van der Waals surface area contributed by atoms with Crippen LogP contribution in [-0.4, -0.2) is 50.3 Å². The third-order valence-electron chi connectivity index (χ3n) is 5.68. The second-order valence-electron chi connectivity index (χ2n) is 7.64. The fraction of sp³-hybridized carbons (Fsp3) is 0.650. The van der Waals surface area contributed by atoms with Gasteiger partial charge in [0.25, 0.3) is 0 Å². The number of hydrogen-bond acceptors (Lipinski definition) is 4. The van der Waals surface area contributed by atoms with Crippen LogP contribution < -0.4 is 0 Å². The molecule has 2 fully saturated rings. The minimum Gasteiger partial charge on any atom is -0.299 e. The van der Waals surface area contributed by atoms with Gasteiger partial charge in [-0.2, -0.15) is 9.57 Å². The van der Waals surface area contributed by atoms with Gasteiger partial charge in [0.2, 0.25) is 10.0 Å². The Morgan fingerprint density at radius 3 is 2.27 bits per heavy atom. The SMILES string of the molecule is C[C@@H](C#N)CN1CCN(S(=O)(=O)c2ccc(C3CCCCC3)cc2)CC1. The van der Waals surface area contributed by atoms with Gasteiger partial charge in [-0.1, -0.05) is 31.4 Å². The number of hydrogen-bond donors (Lipinski definition) is 0. The van der Waals surface area contributed by atoms with Gasteiger partial charge in [0, 0.05) is 32.7 Å². The van der Waals surface area contributed by atoms with E-state index in [4.69, 9.17) is 5.26 Å². The summed E-state index contributed by atoms with van der Waals surface area (Å²) in [4.78, 5) is 2.57. The molecule has 1 aromatic rings. The van der Waals surface area contributed by atoms with E-state index in [1.807, 2.05) is 19.1 Å². The van der Waals surface area contributed by atoms with Crippen molar-refractivity contribution >= 4 is 10.0 Å². The maximum absolute atomic E-state index is 12.9. The van der Waals surface area contributed by atoms with Crippen LogP contribution in [0, 0.1) is 17.2 Å². The molecule has 3 rings (SSSR count). The Kier molecular flexibility index (Phi) is 6.33. The van der Waals surface area contributed by atoms with E-state index in [1.54, 1.807) is 16.4 Å². The molecule has 1 atom stereocenters. The molecule has 6 heteroatoms. The first-order valence-electron chi connectivity index (χ1n) is 9.73. The molecule has 0 unspecified atom stereocenters. The van der Waals surface area contributed by atoms with Gasteiger partial charge in [-0.3, -0.25) is 4.90 Å². The van der Waals surface area contributed by atoms with Crippen LogP contribution >= 0.6 is 0 Å². The van der Waals surface area contributed by atoms with Crippen molar-refractivity contribution in [2.75, 3.05) is 32.7 Å². The first-order chi connectivity index (χ1) is 12.5. The molecule has 1 aromatic carbocycles. The summed E-state index contributed by atoms with van der Waals surface area (Å²) in [6, 6.07) is 9.82. The maximum Gasteiger partial charge on any atom is 0.243 e. The molecule has 142 valence electrons. The average Bonchev–Trinajstić information content (AvgIpc) is 2.69. The normalized spacial score (nSPS) is 22.0. The molecule has 0 radical (unpaired) electrons. The summed E-state index contributed by atoms with van der Waals surface area (Å²) in [6.07, 6.45) is 6.31. The number of nitriles is 1. The molecular weight excluding hydrogens is 346 g/mol. The summed E-state index contributed by atoms with van der Waals surface area (Å²) in [5.74, 6) is 0.566. The smallest absolute Gasteiger partial charge is 0.243 e.